The second-order valence-corrected chi connectivity index (χ2v) is 5.37. The summed E-state index contributed by atoms with van der Waals surface area (Å²) in [5.41, 5.74) is 7.28. The van der Waals surface area contributed by atoms with E-state index in [-0.39, 0.29) is 11.3 Å². The first-order valence-corrected chi connectivity index (χ1v) is 6.98. The molecule has 0 aliphatic carbocycles. The molecule has 0 saturated carbocycles. The summed E-state index contributed by atoms with van der Waals surface area (Å²) in [6.45, 7) is 1.99. The molecule has 0 amide bonds. The van der Waals surface area contributed by atoms with Crippen LogP contribution in [-0.4, -0.2) is 11.1 Å². The summed E-state index contributed by atoms with van der Waals surface area (Å²) in [6, 6.07) is 10.5. The molecule has 0 spiro atoms. The minimum Gasteiger partial charge on any atom is -0.478 e. The van der Waals surface area contributed by atoms with Crippen LogP contribution >= 0.6 is 11.8 Å². The van der Waals surface area contributed by atoms with Crippen LogP contribution in [0.2, 0.25) is 0 Å². The summed E-state index contributed by atoms with van der Waals surface area (Å²) in [4.78, 5) is 11.7. The van der Waals surface area contributed by atoms with Gasteiger partial charge in [0, 0.05) is 10.6 Å². The molecule has 0 aromatic heterocycles. The van der Waals surface area contributed by atoms with Crippen molar-refractivity contribution in [2.45, 2.75) is 17.6 Å². The molecule has 0 aliphatic heterocycles. The monoisotopic (exact) mass is 291 g/mol. The molecular weight excluding hydrogens is 277 g/mol. The first-order valence-electron chi connectivity index (χ1n) is 5.99. The highest BCUT2D eigenvalue weighted by atomic mass is 32.2. The van der Waals surface area contributed by atoms with Crippen LogP contribution in [0.1, 0.15) is 21.5 Å². The van der Waals surface area contributed by atoms with Crippen molar-refractivity contribution in [2.75, 3.05) is 5.73 Å². The fourth-order valence-corrected chi connectivity index (χ4v) is 2.98. The average Bonchev–Trinajstić information content (AvgIpc) is 2.41. The van der Waals surface area contributed by atoms with Crippen molar-refractivity contribution in [3.05, 3.63) is 58.9 Å². The van der Waals surface area contributed by atoms with Crippen LogP contribution in [0, 0.1) is 12.7 Å². The van der Waals surface area contributed by atoms with Gasteiger partial charge in [-0.05, 0) is 30.2 Å². The lowest BCUT2D eigenvalue weighted by Crippen LogP contribution is -2.06. The van der Waals surface area contributed by atoms with E-state index in [0.717, 1.165) is 11.1 Å². The van der Waals surface area contributed by atoms with E-state index < -0.39 is 11.8 Å². The molecular formula is C15H14FNO2S. The average molecular weight is 291 g/mol. The minimum atomic E-state index is -1.21. The van der Waals surface area contributed by atoms with E-state index in [9.17, 15) is 9.18 Å². The summed E-state index contributed by atoms with van der Waals surface area (Å²) in [7, 11) is 0. The van der Waals surface area contributed by atoms with Gasteiger partial charge in [0.15, 0.2) is 0 Å². The summed E-state index contributed by atoms with van der Waals surface area (Å²) in [5, 5.41) is 9.16. The van der Waals surface area contributed by atoms with Crippen molar-refractivity contribution in [2.24, 2.45) is 0 Å². The van der Waals surface area contributed by atoms with Crippen molar-refractivity contribution in [1.29, 1.82) is 0 Å². The van der Waals surface area contributed by atoms with Gasteiger partial charge in [0.25, 0.3) is 0 Å². The second-order valence-electron chi connectivity index (χ2n) is 4.35. The number of halogens is 1. The van der Waals surface area contributed by atoms with E-state index >= 15 is 0 Å². The maximum atomic E-state index is 13.3. The van der Waals surface area contributed by atoms with Crippen molar-refractivity contribution in [3.8, 4) is 0 Å². The minimum absolute atomic E-state index is 0.163. The number of aromatic carboxylic acids is 1. The Kier molecular flexibility index (Phi) is 4.29. The van der Waals surface area contributed by atoms with Crippen molar-refractivity contribution in [3.63, 3.8) is 0 Å². The lowest BCUT2D eigenvalue weighted by molar-refractivity contribution is 0.0694. The zero-order valence-corrected chi connectivity index (χ0v) is 11.7. The Hall–Kier alpha value is -2.01. The third-order valence-corrected chi connectivity index (χ3v) is 4.12. The van der Waals surface area contributed by atoms with Gasteiger partial charge in [-0.2, -0.15) is 0 Å². The highest BCUT2D eigenvalue weighted by Crippen LogP contribution is 2.31. The number of carboxylic acids is 1. The molecule has 0 heterocycles. The maximum Gasteiger partial charge on any atom is 0.339 e. The number of nitrogens with two attached hydrogens (primary N) is 1. The van der Waals surface area contributed by atoms with E-state index in [1.54, 1.807) is 0 Å². The fraction of sp³-hybridized carbons (Fsp3) is 0.133. The Bertz CT molecular complexity index is 658. The van der Waals surface area contributed by atoms with Gasteiger partial charge in [-0.1, -0.05) is 24.3 Å². The van der Waals surface area contributed by atoms with Gasteiger partial charge >= 0.3 is 5.97 Å². The Morgan fingerprint density at radius 3 is 2.65 bits per heavy atom. The predicted molar refractivity (Wildman–Crippen MR) is 78.5 cm³/mol. The van der Waals surface area contributed by atoms with Crippen molar-refractivity contribution in [1.82, 2.24) is 0 Å². The van der Waals surface area contributed by atoms with Gasteiger partial charge in [0.05, 0.1) is 11.3 Å². The van der Waals surface area contributed by atoms with Gasteiger partial charge in [-0.25, -0.2) is 9.18 Å². The number of carboxylic acid groups (broad SMARTS) is 1. The van der Waals surface area contributed by atoms with Crippen LogP contribution in [0.4, 0.5) is 10.1 Å². The van der Waals surface area contributed by atoms with Gasteiger partial charge in [0.2, 0.25) is 0 Å². The molecule has 0 unspecified atom stereocenters. The SMILES string of the molecule is Cc1ccccc1CSc1ccc(F)c(N)c1C(=O)O. The number of anilines is 1. The van der Waals surface area contributed by atoms with Crippen LogP contribution in [0.25, 0.3) is 0 Å². The number of carbonyl (C=O) groups is 1. The Morgan fingerprint density at radius 1 is 1.30 bits per heavy atom. The Balaban J connectivity index is 2.29. The van der Waals surface area contributed by atoms with Gasteiger partial charge < -0.3 is 10.8 Å². The van der Waals surface area contributed by atoms with E-state index in [1.807, 2.05) is 31.2 Å². The quantitative estimate of drug-likeness (QED) is 0.666. The van der Waals surface area contributed by atoms with Crippen LogP contribution in [0.3, 0.4) is 0 Å². The Labute approximate surface area is 120 Å². The molecule has 104 valence electrons. The second kappa shape index (κ2) is 5.96. The number of benzene rings is 2. The summed E-state index contributed by atoms with van der Waals surface area (Å²) >= 11 is 1.34. The molecule has 5 heteroatoms. The van der Waals surface area contributed by atoms with E-state index in [0.29, 0.717) is 10.6 Å². The number of hydrogen-bond acceptors (Lipinski definition) is 3. The fourth-order valence-electron chi connectivity index (χ4n) is 1.84. The number of thioether (sulfide) groups is 1. The number of rotatable bonds is 4. The molecule has 3 nitrogen and oxygen atoms in total. The molecule has 0 atom stereocenters. The lowest BCUT2D eigenvalue weighted by Gasteiger charge is -2.10. The Morgan fingerprint density at radius 2 is 2.00 bits per heavy atom. The van der Waals surface area contributed by atoms with Crippen molar-refractivity contribution < 1.29 is 14.3 Å². The summed E-state index contributed by atoms with van der Waals surface area (Å²) in [5.74, 6) is -1.31. The van der Waals surface area contributed by atoms with Crippen LogP contribution in [0.15, 0.2) is 41.3 Å². The normalized spacial score (nSPS) is 10.5. The standard InChI is InChI=1S/C15H14FNO2S/c1-9-4-2-3-5-10(9)8-20-12-7-6-11(16)14(17)13(12)15(18)19/h2-7H,8,17H2,1H3,(H,18,19). The molecule has 3 N–H and O–H groups in total. The summed E-state index contributed by atoms with van der Waals surface area (Å²) < 4.78 is 13.3. The van der Waals surface area contributed by atoms with Gasteiger partial charge in [-0.3, -0.25) is 0 Å². The van der Waals surface area contributed by atoms with Gasteiger partial charge in [-0.15, -0.1) is 11.8 Å². The molecule has 0 bridgehead atoms. The molecule has 0 aliphatic rings. The van der Waals surface area contributed by atoms with E-state index in [4.69, 9.17) is 10.8 Å². The van der Waals surface area contributed by atoms with Crippen LogP contribution < -0.4 is 5.73 Å². The predicted octanol–water partition coefficient (Wildman–Crippen LogP) is 3.71. The zero-order valence-electron chi connectivity index (χ0n) is 10.9. The molecule has 20 heavy (non-hydrogen) atoms. The van der Waals surface area contributed by atoms with Crippen LogP contribution in [-0.2, 0) is 5.75 Å². The lowest BCUT2D eigenvalue weighted by atomic mass is 10.1. The first kappa shape index (κ1) is 14.4. The van der Waals surface area contributed by atoms with Crippen LogP contribution in [0.5, 0.6) is 0 Å². The smallest absolute Gasteiger partial charge is 0.339 e. The van der Waals surface area contributed by atoms with Gasteiger partial charge in [0.1, 0.15) is 5.82 Å². The first-order chi connectivity index (χ1) is 9.50. The largest absolute Gasteiger partial charge is 0.478 e. The molecule has 0 radical (unpaired) electrons. The number of nitrogen functional groups attached to an aromatic ring is 1. The maximum absolute atomic E-state index is 13.3. The molecule has 2 aromatic carbocycles. The third-order valence-electron chi connectivity index (χ3n) is 3.01. The zero-order chi connectivity index (χ0) is 14.7. The highest BCUT2D eigenvalue weighted by Gasteiger charge is 2.17. The number of aryl methyl sites for hydroxylation is 1. The third kappa shape index (κ3) is 2.93. The summed E-state index contributed by atoms with van der Waals surface area (Å²) in [6.07, 6.45) is 0. The highest BCUT2D eigenvalue weighted by molar-refractivity contribution is 7.98. The van der Waals surface area contributed by atoms with E-state index in [2.05, 4.69) is 0 Å². The molecule has 2 aromatic rings. The molecule has 0 saturated heterocycles. The topological polar surface area (TPSA) is 63.3 Å². The number of hydrogen-bond donors (Lipinski definition) is 2. The molecule has 0 fully saturated rings. The van der Waals surface area contributed by atoms with E-state index in [1.165, 1.54) is 23.9 Å². The molecule has 2 rings (SSSR count). The van der Waals surface area contributed by atoms with Crippen molar-refractivity contribution >= 4 is 23.4 Å².